The van der Waals surface area contributed by atoms with E-state index in [4.69, 9.17) is 4.74 Å². The molecule has 0 radical (unpaired) electrons. The lowest BCUT2D eigenvalue weighted by molar-refractivity contribution is -0.143. The lowest BCUT2D eigenvalue weighted by Crippen LogP contribution is -2.21. The molecule has 0 aliphatic heterocycles. The maximum Gasteiger partial charge on any atom is 0.416 e. The average molecular weight is 546 g/mol. The molecule has 2 N–H and O–H groups in total. The lowest BCUT2D eigenvalue weighted by atomic mass is 10.1. The van der Waals surface area contributed by atoms with Gasteiger partial charge in [-0.05, 0) is 79.6 Å². The third kappa shape index (κ3) is 7.62. The second-order valence-electron chi connectivity index (χ2n) is 8.08. The molecular weight excluding hydrogens is 526 g/mol. The van der Waals surface area contributed by atoms with E-state index in [9.17, 15) is 39.6 Å². The molecule has 0 saturated carbocycles. The zero-order valence-corrected chi connectivity index (χ0v) is 20.1. The van der Waals surface area contributed by atoms with Crippen LogP contribution in [0.2, 0.25) is 0 Å². The molecule has 0 aromatic heterocycles. The number of benzene rings is 3. The number of rotatable bonds is 7. The molecule has 0 aliphatic carbocycles. The van der Waals surface area contributed by atoms with Crippen LogP contribution in [0.3, 0.4) is 0 Å². The maximum atomic E-state index is 13.0. The number of carbonyl (C=O) groups is 1. The quantitative estimate of drug-likeness (QED) is 0.348. The summed E-state index contributed by atoms with van der Waals surface area (Å²) < 4.78 is 111. The fourth-order valence-corrected chi connectivity index (χ4v) is 4.38. The smallest absolute Gasteiger partial charge is 0.416 e. The Morgan fingerprint density at radius 2 is 1.30 bits per heavy atom. The molecule has 0 spiro atoms. The summed E-state index contributed by atoms with van der Waals surface area (Å²) in [6.07, 6.45) is -10.1. The van der Waals surface area contributed by atoms with Crippen LogP contribution in [-0.2, 0) is 27.2 Å². The summed E-state index contributed by atoms with van der Waals surface area (Å²) in [6.45, 7) is 2.87. The highest BCUT2D eigenvalue weighted by Gasteiger charge is 2.37. The fraction of sp³-hybridized carbons (Fsp3) is 0.208. The Labute approximate surface area is 208 Å². The van der Waals surface area contributed by atoms with Crippen molar-refractivity contribution in [1.29, 1.82) is 0 Å². The van der Waals surface area contributed by atoms with Crippen LogP contribution in [0.15, 0.2) is 65.6 Å². The number of sulfonamides is 1. The second-order valence-corrected chi connectivity index (χ2v) is 9.77. The van der Waals surface area contributed by atoms with Crippen molar-refractivity contribution < 1.29 is 44.3 Å². The summed E-state index contributed by atoms with van der Waals surface area (Å²) in [5.41, 5.74) is -1.78. The van der Waals surface area contributed by atoms with E-state index < -0.39 is 51.7 Å². The van der Waals surface area contributed by atoms with E-state index in [0.29, 0.717) is 17.8 Å². The molecule has 3 aromatic carbocycles. The fourth-order valence-electron chi connectivity index (χ4n) is 3.34. The molecule has 0 fully saturated rings. The van der Waals surface area contributed by atoms with E-state index in [2.05, 4.69) is 4.72 Å². The number of aryl methyl sites for hydroxylation is 2. The van der Waals surface area contributed by atoms with E-state index in [1.54, 1.807) is 12.1 Å². The van der Waals surface area contributed by atoms with Gasteiger partial charge in [0.05, 0.1) is 16.0 Å². The van der Waals surface area contributed by atoms with Gasteiger partial charge in [-0.15, -0.1) is 0 Å². The van der Waals surface area contributed by atoms with Gasteiger partial charge in [0.1, 0.15) is 5.75 Å². The van der Waals surface area contributed by atoms with Crippen molar-refractivity contribution >= 4 is 27.3 Å². The number of carbonyl (C=O) groups excluding carboxylic acids is 1. The first-order valence-corrected chi connectivity index (χ1v) is 11.9. The number of ether oxygens (including phenoxy) is 1. The van der Waals surface area contributed by atoms with E-state index in [1.165, 1.54) is 24.3 Å². The number of amides is 1. The summed E-state index contributed by atoms with van der Waals surface area (Å²) in [5, 5.41) is 1.94. The minimum Gasteiger partial charge on any atom is -0.484 e. The highest BCUT2D eigenvalue weighted by Crippen LogP contribution is 2.37. The number of hydrogen-bond acceptors (Lipinski definition) is 4. The van der Waals surface area contributed by atoms with Gasteiger partial charge in [0, 0.05) is 11.4 Å². The maximum absolute atomic E-state index is 13.0. The second kappa shape index (κ2) is 10.3. The van der Waals surface area contributed by atoms with E-state index in [0.717, 1.165) is 11.1 Å². The Hall–Kier alpha value is -3.74. The molecule has 13 heteroatoms. The molecule has 0 aliphatic rings. The molecule has 0 saturated heterocycles. The molecule has 3 aromatic rings. The first kappa shape index (κ1) is 27.8. The zero-order valence-electron chi connectivity index (χ0n) is 19.3. The van der Waals surface area contributed by atoms with Crippen LogP contribution in [0.1, 0.15) is 22.3 Å². The zero-order chi connectivity index (χ0) is 27.6. The summed E-state index contributed by atoms with van der Waals surface area (Å²) in [4.78, 5) is 12.0. The summed E-state index contributed by atoms with van der Waals surface area (Å²) in [5.74, 6) is -0.985. The molecule has 6 nitrogen and oxygen atoms in total. The highest BCUT2D eigenvalue weighted by atomic mass is 32.2. The van der Waals surface area contributed by atoms with E-state index in [-0.39, 0.29) is 16.7 Å². The van der Waals surface area contributed by atoms with Gasteiger partial charge in [0.2, 0.25) is 0 Å². The van der Waals surface area contributed by atoms with Gasteiger partial charge >= 0.3 is 12.4 Å². The van der Waals surface area contributed by atoms with Crippen LogP contribution >= 0.6 is 0 Å². The Morgan fingerprint density at radius 3 is 1.78 bits per heavy atom. The first-order chi connectivity index (χ1) is 17.0. The SMILES string of the molecule is Cc1cc(C)cc(NS(=O)(=O)c2ccc(OCC(=O)Nc3cc(C(F)(F)F)cc(C(F)(F)F)c3)cc2)c1. The number of halogens is 6. The van der Waals surface area contributed by atoms with Crippen LogP contribution < -0.4 is 14.8 Å². The van der Waals surface area contributed by atoms with Crippen LogP contribution in [-0.4, -0.2) is 20.9 Å². The summed E-state index contributed by atoms with van der Waals surface area (Å²) in [6, 6.07) is 10.8. The monoisotopic (exact) mass is 546 g/mol. The van der Waals surface area contributed by atoms with Gasteiger partial charge < -0.3 is 10.1 Å². The molecular formula is C24H20F6N2O4S. The molecule has 0 bridgehead atoms. The molecule has 0 unspecified atom stereocenters. The van der Waals surface area contributed by atoms with Crippen LogP contribution in [0.5, 0.6) is 5.75 Å². The first-order valence-electron chi connectivity index (χ1n) is 10.5. The molecule has 1 amide bonds. The normalized spacial score (nSPS) is 12.2. The summed E-state index contributed by atoms with van der Waals surface area (Å²) in [7, 11) is -3.94. The Kier molecular flexibility index (Phi) is 7.77. The van der Waals surface area contributed by atoms with Crippen molar-refractivity contribution in [3.63, 3.8) is 0 Å². The minimum absolute atomic E-state index is 0.0422. The van der Waals surface area contributed by atoms with Crippen molar-refractivity contribution in [3.05, 3.63) is 82.9 Å². The number of nitrogens with one attached hydrogen (secondary N) is 2. The van der Waals surface area contributed by atoms with Crippen molar-refractivity contribution in [3.8, 4) is 5.75 Å². The predicted molar refractivity (Wildman–Crippen MR) is 124 cm³/mol. The largest absolute Gasteiger partial charge is 0.484 e. The topological polar surface area (TPSA) is 84.5 Å². The molecule has 198 valence electrons. The van der Waals surface area contributed by atoms with Gasteiger partial charge in [0.25, 0.3) is 15.9 Å². The van der Waals surface area contributed by atoms with Crippen molar-refractivity contribution in [1.82, 2.24) is 0 Å². The third-order valence-electron chi connectivity index (χ3n) is 4.85. The average Bonchev–Trinajstić information content (AvgIpc) is 2.75. The number of alkyl halides is 6. The minimum atomic E-state index is -5.06. The Bertz CT molecular complexity index is 1350. The van der Waals surface area contributed by atoms with E-state index >= 15 is 0 Å². The van der Waals surface area contributed by atoms with Crippen LogP contribution in [0.25, 0.3) is 0 Å². The molecule has 37 heavy (non-hydrogen) atoms. The van der Waals surface area contributed by atoms with Gasteiger partial charge in [-0.25, -0.2) is 8.42 Å². The Balaban J connectivity index is 1.66. The molecule has 3 rings (SSSR count). The lowest BCUT2D eigenvalue weighted by Gasteiger charge is -2.15. The predicted octanol–water partition coefficient (Wildman–Crippen LogP) is 6.16. The van der Waals surface area contributed by atoms with Crippen molar-refractivity contribution in [2.45, 2.75) is 31.1 Å². The van der Waals surface area contributed by atoms with Crippen LogP contribution in [0, 0.1) is 13.8 Å². The molecule has 0 atom stereocenters. The molecule has 0 heterocycles. The van der Waals surface area contributed by atoms with Gasteiger partial charge in [-0.2, -0.15) is 26.3 Å². The number of hydrogen-bond donors (Lipinski definition) is 2. The highest BCUT2D eigenvalue weighted by molar-refractivity contribution is 7.92. The summed E-state index contributed by atoms with van der Waals surface area (Å²) >= 11 is 0. The van der Waals surface area contributed by atoms with Crippen LogP contribution in [0.4, 0.5) is 37.7 Å². The number of anilines is 2. The van der Waals surface area contributed by atoms with Gasteiger partial charge in [-0.3, -0.25) is 9.52 Å². The Morgan fingerprint density at radius 1 is 0.784 bits per heavy atom. The van der Waals surface area contributed by atoms with Gasteiger partial charge in [-0.1, -0.05) is 6.07 Å². The van der Waals surface area contributed by atoms with Crippen molar-refractivity contribution in [2.75, 3.05) is 16.6 Å². The standard InChI is InChI=1S/C24H20F6N2O4S/c1-14-7-15(2)9-19(8-14)32-37(34,35)21-5-3-20(4-6-21)36-13-22(33)31-18-11-16(23(25,26)27)10-17(12-18)24(28,29)30/h3-12,32H,13H2,1-2H3,(H,31,33). The third-order valence-corrected chi connectivity index (χ3v) is 6.25. The van der Waals surface area contributed by atoms with Gasteiger partial charge in [0.15, 0.2) is 6.61 Å². The van der Waals surface area contributed by atoms with E-state index in [1.807, 2.05) is 25.2 Å². The van der Waals surface area contributed by atoms with Crippen molar-refractivity contribution in [2.24, 2.45) is 0 Å².